The average molecular weight is 314 g/mol. The van der Waals surface area contributed by atoms with E-state index in [1.165, 1.54) is 23.5 Å². The molecule has 0 spiro atoms. The number of nitrogens with one attached hydrogen (secondary N) is 1. The molecule has 1 nitrogen and oxygen atoms in total. The van der Waals surface area contributed by atoms with Crippen LogP contribution in [0.15, 0.2) is 24.3 Å². The van der Waals surface area contributed by atoms with Gasteiger partial charge in [0.2, 0.25) is 0 Å². The Hall–Kier alpha value is -0.180. The van der Waals surface area contributed by atoms with E-state index in [1.54, 1.807) is 0 Å². The molecule has 1 aromatic carbocycles. The van der Waals surface area contributed by atoms with E-state index in [1.807, 2.05) is 23.9 Å². The molecule has 0 saturated heterocycles. The van der Waals surface area contributed by atoms with Gasteiger partial charge in [-0.2, -0.15) is 11.8 Å². The molecule has 0 aromatic heterocycles. The van der Waals surface area contributed by atoms with Crippen molar-refractivity contribution < 1.29 is 0 Å². The maximum atomic E-state index is 6.09. The second-order valence-electron chi connectivity index (χ2n) is 6.32. The molecule has 0 aliphatic heterocycles. The summed E-state index contributed by atoms with van der Waals surface area (Å²) in [4.78, 5) is 0. The van der Waals surface area contributed by atoms with Crippen LogP contribution < -0.4 is 5.32 Å². The van der Waals surface area contributed by atoms with Gasteiger partial charge >= 0.3 is 0 Å². The highest BCUT2D eigenvalue weighted by molar-refractivity contribution is 7.99. The second-order valence-corrected chi connectivity index (χ2v) is 8.15. The molecule has 114 valence electrons. The first-order valence-electron chi connectivity index (χ1n) is 7.48. The lowest BCUT2D eigenvalue weighted by Crippen LogP contribution is -2.39. The summed E-state index contributed by atoms with van der Waals surface area (Å²) in [6.07, 6.45) is 2.36. The quantitative estimate of drug-likeness (QED) is 0.675. The minimum Gasteiger partial charge on any atom is -0.312 e. The lowest BCUT2D eigenvalue weighted by atomic mass is 9.95. The van der Waals surface area contributed by atoms with Gasteiger partial charge in [0.15, 0.2) is 0 Å². The van der Waals surface area contributed by atoms with E-state index in [2.05, 4.69) is 45.1 Å². The normalized spacial score (nSPS) is 13.4. The van der Waals surface area contributed by atoms with Gasteiger partial charge in [0.1, 0.15) is 0 Å². The number of thioether (sulfide) groups is 1. The molecule has 1 N–H and O–H groups in total. The predicted octanol–water partition coefficient (Wildman–Crippen LogP) is 5.03. The van der Waals surface area contributed by atoms with Crippen LogP contribution in [0.5, 0.6) is 0 Å². The van der Waals surface area contributed by atoms with E-state index in [0.717, 1.165) is 18.0 Å². The zero-order valence-electron chi connectivity index (χ0n) is 13.2. The van der Waals surface area contributed by atoms with Crippen LogP contribution in [0.4, 0.5) is 0 Å². The highest BCUT2D eigenvalue weighted by Gasteiger charge is 2.15. The van der Waals surface area contributed by atoms with Crippen molar-refractivity contribution in [3.8, 4) is 0 Å². The molecule has 20 heavy (non-hydrogen) atoms. The lowest BCUT2D eigenvalue weighted by molar-refractivity contribution is 0.364. The van der Waals surface area contributed by atoms with Crippen molar-refractivity contribution in [2.24, 2.45) is 5.92 Å². The summed E-state index contributed by atoms with van der Waals surface area (Å²) in [5.41, 5.74) is 1.53. The third-order valence-electron chi connectivity index (χ3n) is 3.21. The third kappa shape index (κ3) is 8.18. The Balaban J connectivity index is 2.56. The molecule has 3 heteroatoms. The van der Waals surface area contributed by atoms with Gasteiger partial charge in [0, 0.05) is 10.6 Å². The number of hydrogen-bond donors (Lipinski definition) is 1. The van der Waals surface area contributed by atoms with Crippen LogP contribution in [0, 0.1) is 5.92 Å². The Bertz CT molecular complexity index is 387. The molecule has 0 saturated carbocycles. The minimum atomic E-state index is 0.185. The van der Waals surface area contributed by atoms with Crippen molar-refractivity contribution in [1.29, 1.82) is 0 Å². The monoisotopic (exact) mass is 313 g/mol. The molecule has 1 atom stereocenters. The van der Waals surface area contributed by atoms with E-state index in [9.17, 15) is 0 Å². The number of halogens is 1. The van der Waals surface area contributed by atoms with Crippen LogP contribution in [0.3, 0.4) is 0 Å². The van der Waals surface area contributed by atoms with Crippen LogP contribution in [0.25, 0.3) is 0 Å². The number of rotatable bonds is 8. The Morgan fingerprint density at radius 1 is 1.30 bits per heavy atom. The van der Waals surface area contributed by atoms with Crippen LogP contribution in [0.2, 0.25) is 5.02 Å². The molecule has 1 aromatic rings. The van der Waals surface area contributed by atoms with Gasteiger partial charge in [0.05, 0.1) is 0 Å². The molecular weight excluding hydrogens is 286 g/mol. The summed E-state index contributed by atoms with van der Waals surface area (Å²) in [6.45, 7) is 9.98. The molecule has 0 radical (unpaired) electrons. The maximum absolute atomic E-state index is 6.09. The number of benzene rings is 1. The maximum Gasteiger partial charge on any atom is 0.0408 e. The van der Waals surface area contributed by atoms with Gasteiger partial charge in [-0.25, -0.2) is 0 Å². The van der Waals surface area contributed by atoms with Crippen molar-refractivity contribution in [2.45, 2.75) is 46.1 Å². The van der Waals surface area contributed by atoms with Crippen LogP contribution in [0.1, 0.15) is 39.7 Å². The molecule has 0 bridgehead atoms. The van der Waals surface area contributed by atoms with Gasteiger partial charge < -0.3 is 5.32 Å². The highest BCUT2D eigenvalue weighted by atomic mass is 35.5. The largest absolute Gasteiger partial charge is 0.312 e. The molecule has 1 unspecified atom stereocenters. The summed E-state index contributed by atoms with van der Waals surface area (Å²) < 4.78 is 0. The van der Waals surface area contributed by atoms with E-state index in [4.69, 9.17) is 11.6 Å². The molecule has 0 aliphatic rings. The Kier molecular flexibility index (Phi) is 8.01. The fourth-order valence-electron chi connectivity index (χ4n) is 2.12. The summed E-state index contributed by atoms with van der Waals surface area (Å²) >= 11 is 8.11. The molecular formula is C17H28ClNS. The van der Waals surface area contributed by atoms with Crippen LogP contribution in [-0.4, -0.2) is 23.6 Å². The Morgan fingerprint density at radius 2 is 2.05 bits per heavy atom. The topological polar surface area (TPSA) is 12.0 Å². The van der Waals surface area contributed by atoms with E-state index in [0.29, 0.717) is 5.92 Å². The predicted molar refractivity (Wildman–Crippen MR) is 94.0 cm³/mol. The summed E-state index contributed by atoms with van der Waals surface area (Å²) in [5, 5.41) is 4.48. The van der Waals surface area contributed by atoms with Gasteiger partial charge in [-0.05, 0) is 75.3 Å². The SMILES string of the molecule is CCSCCC(CNC(C)(C)C)Cc1cccc(Cl)c1. The molecule has 0 fully saturated rings. The van der Waals surface area contributed by atoms with Gasteiger partial charge in [-0.15, -0.1) is 0 Å². The standard InChI is InChI=1S/C17H28ClNS/c1-5-20-10-9-15(13-19-17(2,3)4)11-14-7-6-8-16(18)12-14/h6-8,12,15,19H,5,9-11,13H2,1-4H3. The summed E-state index contributed by atoms with van der Waals surface area (Å²) in [6, 6.07) is 8.27. The van der Waals surface area contributed by atoms with Crippen molar-refractivity contribution in [3.05, 3.63) is 34.9 Å². The van der Waals surface area contributed by atoms with Crippen molar-refractivity contribution in [1.82, 2.24) is 5.32 Å². The molecule has 1 rings (SSSR count). The van der Waals surface area contributed by atoms with E-state index < -0.39 is 0 Å². The number of hydrogen-bond acceptors (Lipinski definition) is 2. The first kappa shape index (κ1) is 17.9. The first-order valence-corrected chi connectivity index (χ1v) is 9.01. The van der Waals surface area contributed by atoms with E-state index >= 15 is 0 Å². The molecule has 0 heterocycles. The third-order valence-corrected chi connectivity index (χ3v) is 4.38. The zero-order valence-corrected chi connectivity index (χ0v) is 14.8. The van der Waals surface area contributed by atoms with Crippen LogP contribution >= 0.6 is 23.4 Å². The van der Waals surface area contributed by atoms with Crippen molar-refractivity contribution in [2.75, 3.05) is 18.1 Å². The Morgan fingerprint density at radius 3 is 2.65 bits per heavy atom. The average Bonchev–Trinajstić information content (AvgIpc) is 2.35. The highest BCUT2D eigenvalue weighted by Crippen LogP contribution is 2.18. The smallest absolute Gasteiger partial charge is 0.0408 e. The molecule has 0 aliphatic carbocycles. The Labute approximate surface area is 133 Å². The minimum absolute atomic E-state index is 0.185. The van der Waals surface area contributed by atoms with Gasteiger partial charge in [-0.3, -0.25) is 0 Å². The fourth-order valence-corrected chi connectivity index (χ4v) is 3.12. The van der Waals surface area contributed by atoms with Crippen molar-refractivity contribution >= 4 is 23.4 Å². The van der Waals surface area contributed by atoms with Crippen LogP contribution in [-0.2, 0) is 6.42 Å². The van der Waals surface area contributed by atoms with Gasteiger partial charge in [-0.1, -0.05) is 30.7 Å². The van der Waals surface area contributed by atoms with Crippen molar-refractivity contribution in [3.63, 3.8) is 0 Å². The first-order chi connectivity index (χ1) is 9.40. The second kappa shape index (κ2) is 8.96. The zero-order chi connectivity index (χ0) is 15.0. The summed E-state index contributed by atoms with van der Waals surface area (Å²) in [5.74, 6) is 3.12. The summed E-state index contributed by atoms with van der Waals surface area (Å²) in [7, 11) is 0. The lowest BCUT2D eigenvalue weighted by Gasteiger charge is -2.25. The van der Waals surface area contributed by atoms with Gasteiger partial charge in [0.25, 0.3) is 0 Å². The molecule has 0 amide bonds. The van der Waals surface area contributed by atoms with E-state index in [-0.39, 0.29) is 5.54 Å². The fraction of sp³-hybridized carbons (Fsp3) is 0.647.